The van der Waals surface area contributed by atoms with Gasteiger partial charge in [0.1, 0.15) is 0 Å². The van der Waals surface area contributed by atoms with Crippen LogP contribution in [0.25, 0.3) is 0 Å². The Balaban J connectivity index is 1.89. The molecule has 2 nitrogen and oxygen atoms in total. The summed E-state index contributed by atoms with van der Waals surface area (Å²) in [4.78, 5) is 3.96. The van der Waals surface area contributed by atoms with Crippen LogP contribution in [-0.2, 0) is 0 Å². The fourth-order valence-electron chi connectivity index (χ4n) is 4.23. The molecule has 0 unspecified atom stereocenters. The summed E-state index contributed by atoms with van der Waals surface area (Å²) in [6.07, 6.45) is 0. The lowest BCUT2D eigenvalue weighted by atomic mass is 10.1. The second kappa shape index (κ2) is 7.16. The summed E-state index contributed by atoms with van der Waals surface area (Å²) in [5, 5.41) is 3.56. The molecule has 2 aromatic rings. The van der Waals surface area contributed by atoms with Crippen LogP contribution in [0.2, 0.25) is 18.6 Å². The maximum atomic E-state index is 3.96. The predicted molar refractivity (Wildman–Crippen MR) is 118 cm³/mol. The number of rotatable bonds is 5. The van der Waals surface area contributed by atoms with Crippen molar-refractivity contribution in [3.8, 4) is 0 Å². The quantitative estimate of drug-likeness (QED) is 0.554. The van der Waals surface area contributed by atoms with Gasteiger partial charge in [-0.3, -0.25) is 0 Å². The summed E-state index contributed by atoms with van der Waals surface area (Å²) in [5.74, 6) is 0. The zero-order chi connectivity index (χ0) is 18.9. The average molecular weight is 363 g/mol. The van der Waals surface area contributed by atoms with Gasteiger partial charge in [-0.15, -0.1) is 0 Å². The number of hydrogen-bond acceptors (Lipinski definition) is 2. The molecule has 0 bridgehead atoms. The first-order chi connectivity index (χ1) is 12.3. The van der Waals surface area contributed by atoms with Gasteiger partial charge in [-0.1, -0.05) is 54.6 Å². The highest BCUT2D eigenvalue weighted by Crippen LogP contribution is 2.47. The molecule has 2 aromatic carbocycles. The zero-order valence-electron chi connectivity index (χ0n) is 16.8. The molecule has 0 aliphatic heterocycles. The minimum absolute atomic E-state index is 0.548. The topological polar surface area (TPSA) is 24.1 Å². The van der Waals surface area contributed by atoms with E-state index in [1.54, 1.807) is 0 Å². The third-order valence-electron chi connectivity index (χ3n) is 5.77. The van der Waals surface area contributed by atoms with Gasteiger partial charge in [-0.05, 0) is 63.1 Å². The molecule has 1 aliphatic rings. The van der Waals surface area contributed by atoms with Gasteiger partial charge in [0.05, 0.1) is 11.4 Å². The van der Waals surface area contributed by atoms with Crippen molar-refractivity contribution in [1.29, 1.82) is 0 Å². The third kappa shape index (κ3) is 3.49. The van der Waals surface area contributed by atoms with Gasteiger partial charge in [-0.2, -0.15) is 0 Å². The normalized spacial score (nSPS) is 15.6. The van der Waals surface area contributed by atoms with E-state index >= 15 is 0 Å². The van der Waals surface area contributed by atoms with Gasteiger partial charge in [0.2, 0.25) is 0 Å². The molecule has 0 saturated carbocycles. The Morgan fingerprint density at radius 2 is 1.19 bits per heavy atom. The van der Waals surface area contributed by atoms with Gasteiger partial charge in [0, 0.05) is 11.2 Å². The maximum Gasteiger partial charge on any atom is 0.158 e. The monoisotopic (exact) mass is 362 g/mol. The van der Waals surface area contributed by atoms with Crippen LogP contribution < -0.4 is 10.3 Å². The minimum Gasteiger partial charge on any atom is -0.408 e. The molecule has 0 heterocycles. The molecule has 3 heteroatoms. The lowest BCUT2D eigenvalue weighted by molar-refractivity contribution is 1.07. The van der Waals surface area contributed by atoms with Crippen molar-refractivity contribution in [1.82, 2.24) is 0 Å². The molecule has 0 aromatic heterocycles. The summed E-state index contributed by atoms with van der Waals surface area (Å²) < 4.78 is 0. The van der Waals surface area contributed by atoms with Crippen molar-refractivity contribution < 1.29 is 0 Å². The molecule has 3 rings (SSSR count). The smallest absolute Gasteiger partial charge is 0.158 e. The predicted octanol–water partition coefficient (Wildman–Crippen LogP) is 7.10. The van der Waals surface area contributed by atoms with Crippen LogP contribution in [0.4, 0.5) is 17.1 Å². The fourth-order valence-corrected chi connectivity index (χ4v) is 7.88. The van der Waals surface area contributed by atoms with E-state index in [0.29, 0.717) is 5.54 Å². The van der Waals surface area contributed by atoms with E-state index in [1.807, 2.05) is 6.07 Å². The summed E-state index contributed by atoms with van der Waals surface area (Å²) >= 11 is 0. The van der Waals surface area contributed by atoms with E-state index in [-0.39, 0.29) is 0 Å². The number of allylic oxidation sites excluding steroid dienone is 4. The number of benzene rings is 2. The first-order valence-corrected chi connectivity index (χ1v) is 12.4. The van der Waals surface area contributed by atoms with E-state index in [0.717, 1.165) is 11.4 Å². The van der Waals surface area contributed by atoms with Crippen LogP contribution in [0.3, 0.4) is 0 Å². The fraction of sp³-hybridized carbons (Fsp3) is 0.304. The van der Waals surface area contributed by atoms with Crippen molar-refractivity contribution in [3.05, 3.63) is 76.9 Å². The van der Waals surface area contributed by atoms with Crippen LogP contribution in [-0.4, -0.2) is 8.24 Å². The second-order valence-electron chi connectivity index (χ2n) is 7.93. The Kier molecular flexibility index (Phi) is 5.10. The molecule has 0 amide bonds. The van der Waals surface area contributed by atoms with Crippen LogP contribution in [0, 0.1) is 0 Å². The van der Waals surface area contributed by atoms with E-state index in [2.05, 4.69) is 99.6 Å². The zero-order valence-corrected chi connectivity index (χ0v) is 17.8. The molecule has 0 fully saturated rings. The second-order valence-corrected chi connectivity index (χ2v) is 12.2. The largest absolute Gasteiger partial charge is 0.408 e. The molecule has 0 spiro atoms. The Bertz CT molecular complexity index is 839. The van der Waals surface area contributed by atoms with Gasteiger partial charge in [0.25, 0.3) is 0 Å². The highest BCUT2D eigenvalue weighted by molar-refractivity contribution is 6.83. The van der Waals surface area contributed by atoms with Crippen LogP contribution in [0.1, 0.15) is 27.7 Å². The van der Waals surface area contributed by atoms with Gasteiger partial charge < -0.3 is 10.3 Å². The van der Waals surface area contributed by atoms with Gasteiger partial charge >= 0.3 is 0 Å². The molecular formula is C23H30N2Si. The summed E-state index contributed by atoms with van der Waals surface area (Å²) in [6.45, 7) is 14.0. The van der Waals surface area contributed by atoms with Gasteiger partial charge in [-0.25, -0.2) is 0 Å². The Labute approximate surface area is 159 Å². The third-order valence-corrected chi connectivity index (χ3v) is 8.99. The number of anilines is 3. The van der Waals surface area contributed by atoms with Crippen molar-refractivity contribution in [3.63, 3.8) is 0 Å². The highest BCUT2D eigenvalue weighted by Gasteiger charge is 2.39. The van der Waals surface area contributed by atoms with Crippen molar-refractivity contribution in [2.24, 2.45) is 0 Å². The number of para-hydroxylation sites is 3. The molecule has 0 saturated heterocycles. The summed E-state index contributed by atoms with van der Waals surface area (Å²) in [5.41, 5.74) is 10.0. The Hall–Kier alpha value is -2.26. The highest BCUT2D eigenvalue weighted by atomic mass is 28.3. The van der Waals surface area contributed by atoms with Crippen LogP contribution in [0.15, 0.2) is 76.9 Å². The summed E-state index contributed by atoms with van der Waals surface area (Å²) in [6, 6.07) is 18.9. The van der Waals surface area contributed by atoms with Crippen LogP contribution >= 0.6 is 0 Å². The van der Waals surface area contributed by atoms with Crippen LogP contribution in [0.5, 0.6) is 0 Å². The Morgan fingerprint density at radius 3 is 1.77 bits per heavy atom. The average Bonchev–Trinajstić information content (AvgIpc) is 2.81. The molecule has 2 N–H and O–H groups in total. The molecule has 136 valence electrons. The summed E-state index contributed by atoms with van der Waals surface area (Å²) in [7, 11) is -1.78. The van der Waals surface area contributed by atoms with Crippen molar-refractivity contribution >= 4 is 25.3 Å². The van der Waals surface area contributed by atoms with E-state index in [9.17, 15) is 0 Å². The molecule has 1 aliphatic carbocycles. The number of hydrogen-bond donors (Lipinski definition) is 2. The lowest BCUT2D eigenvalue weighted by Gasteiger charge is -2.34. The molecule has 26 heavy (non-hydrogen) atoms. The number of nitrogens with one attached hydrogen (secondary N) is 2. The standard InChI is InChI=1S/C23H30N2Si/c1-16-17(2)19(4)23(18(16)3)26(5,6)25-22-15-11-10-14-21(22)24-20-12-8-7-9-13-20/h7-15,23-25H,1-6H3. The van der Waals surface area contributed by atoms with Crippen molar-refractivity contribution in [2.45, 2.75) is 46.3 Å². The van der Waals surface area contributed by atoms with E-state index in [4.69, 9.17) is 0 Å². The first kappa shape index (κ1) is 18.5. The Morgan fingerprint density at radius 1 is 0.692 bits per heavy atom. The minimum atomic E-state index is -1.78. The molecule has 0 atom stereocenters. The van der Waals surface area contributed by atoms with Gasteiger partial charge in [0.15, 0.2) is 8.24 Å². The maximum absolute atomic E-state index is 3.96. The lowest BCUT2D eigenvalue weighted by Crippen LogP contribution is -2.42. The van der Waals surface area contributed by atoms with E-state index in [1.165, 1.54) is 28.0 Å². The first-order valence-electron chi connectivity index (χ1n) is 9.35. The molecule has 0 radical (unpaired) electrons. The SMILES string of the molecule is CC1=C(C)C([Si](C)(C)Nc2ccccc2Nc2ccccc2)C(C)=C1C. The van der Waals surface area contributed by atoms with Crippen molar-refractivity contribution in [2.75, 3.05) is 10.3 Å². The van der Waals surface area contributed by atoms with E-state index < -0.39 is 8.24 Å². The molecular weight excluding hydrogens is 332 g/mol.